The predicted molar refractivity (Wildman–Crippen MR) is 158 cm³/mol. The van der Waals surface area contributed by atoms with Gasteiger partial charge >= 0.3 is 17.9 Å². The van der Waals surface area contributed by atoms with Crippen LogP contribution in [-0.2, 0) is 19.1 Å². The highest BCUT2D eigenvalue weighted by molar-refractivity contribution is 5.91. The minimum absolute atomic E-state index is 0.264. The molecule has 2 rings (SSSR count). The van der Waals surface area contributed by atoms with Gasteiger partial charge in [-0.15, -0.1) is 0 Å². The van der Waals surface area contributed by atoms with E-state index in [1.807, 2.05) is 0 Å². The third-order valence-corrected chi connectivity index (χ3v) is 5.69. The van der Waals surface area contributed by atoms with Gasteiger partial charge in [-0.3, -0.25) is 0 Å². The van der Waals surface area contributed by atoms with Crippen LogP contribution in [0.1, 0.15) is 82.1 Å². The number of benzene rings is 2. The van der Waals surface area contributed by atoms with Gasteiger partial charge in [0.1, 0.15) is 11.4 Å². The minimum atomic E-state index is -0.575. The highest BCUT2D eigenvalue weighted by Gasteiger charge is 2.15. The molecule has 2 aromatic rings. The second-order valence-electron chi connectivity index (χ2n) is 10.6. The number of carbonyl (C=O) groups excluding carboxylic acids is 3. The summed E-state index contributed by atoms with van der Waals surface area (Å²) in [5.74, 6) is -0.00610. The summed E-state index contributed by atoms with van der Waals surface area (Å²) >= 11 is 0. The summed E-state index contributed by atoms with van der Waals surface area (Å²) in [6.07, 6.45) is 8.96. The van der Waals surface area contributed by atoms with E-state index in [0.29, 0.717) is 41.4 Å². The van der Waals surface area contributed by atoms with Gasteiger partial charge in [-0.1, -0.05) is 38.3 Å². The van der Waals surface area contributed by atoms with Crippen molar-refractivity contribution in [3.8, 4) is 17.2 Å². The fourth-order valence-electron chi connectivity index (χ4n) is 3.61. The van der Waals surface area contributed by atoms with Gasteiger partial charge in [0, 0.05) is 11.6 Å². The summed E-state index contributed by atoms with van der Waals surface area (Å²) in [7, 11) is 1.48. The molecule has 0 aliphatic carbocycles. The maximum atomic E-state index is 12.7. The summed E-state index contributed by atoms with van der Waals surface area (Å²) in [4.78, 5) is 35.9. The number of hydrogen-bond acceptors (Lipinski definition) is 8. The van der Waals surface area contributed by atoms with Crippen LogP contribution < -0.4 is 14.2 Å². The molecule has 0 aromatic heterocycles. The molecule has 8 nitrogen and oxygen atoms in total. The number of ether oxygens (including phenoxy) is 5. The van der Waals surface area contributed by atoms with E-state index in [1.165, 1.54) is 13.2 Å². The summed E-state index contributed by atoms with van der Waals surface area (Å²) in [6, 6.07) is 11.8. The van der Waals surface area contributed by atoms with Crippen molar-refractivity contribution in [2.75, 3.05) is 20.3 Å². The quantitative estimate of drug-likeness (QED) is 0.0918. The van der Waals surface area contributed by atoms with E-state index in [2.05, 4.69) is 6.58 Å². The molecule has 0 aliphatic rings. The first kappa shape index (κ1) is 33.1. The number of hydrogen-bond donors (Lipinski definition) is 0. The molecule has 2 aromatic carbocycles. The van der Waals surface area contributed by atoms with E-state index in [4.69, 9.17) is 23.7 Å². The Morgan fingerprint density at radius 1 is 0.854 bits per heavy atom. The van der Waals surface area contributed by atoms with Crippen molar-refractivity contribution >= 4 is 24.0 Å². The number of rotatable bonds is 16. The van der Waals surface area contributed by atoms with E-state index in [-0.39, 0.29) is 11.7 Å². The van der Waals surface area contributed by atoms with Crippen LogP contribution in [0.3, 0.4) is 0 Å². The van der Waals surface area contributed by atoms with Crippen molar-refractivity contribution in [3.05, 3.63) is 71.8 Å². The van der Waals surface area contributed by atoms with Gasteiger partial charge in [-0.25, -0.2) is 14.4 Å². The van der Waals surface area contributed by atoms with E-state index in [0.717, 1.165) is 38.5 Å². The SMILES string of the molecule is C=C(C)C(=O)OCCCCCCCCOc1ccc(C(=O)Oc2ccc(/C=C/C(=O)OC(C)(C)C)cc2OC)cc1. The summed E-state index contributed by atoms with van der Waals surface area (Å²) in [6.45, 7) is 11.6. The maximum absolute atomic E-state index is 12.7. The molecule has 0 fully saturated rings. The molecule has 41 heavy (non-hydrogen) atoms. The molecule has 0 aliphatic heterocycles. The average molecular weight is 567 g/mol. The van der Waals surface area contributed by atoms with E-state index >= 15 is 0 Å². The molecule has 0 spiro atoms. The van der Waals surface area contributed by atoms with Gasteiger partial charge in [0.2, 0.25) is 0 Å². The molecular formula is C33H42O8. The molecule has 0 unspecified atom stereocenters. The fourth-order valence-corrected chi connectivity index (χ4v) is 3.61. The topological polar surface area (TPSA) is 97.4 Å². The number of esters is 3. The molecule has 0 bridgehead atoms. The van der Waals surface area contributed by atoms with Gasteiger partial charge in [-0.05, 0) is 88.6 Å². The van der Waals surface area contributed by atoms with Crippen LogP contribution in [0.5, 0.6) is 17.2 Å². The van der Waals surface area contributed by atoms with E-state index in [1.54, 1.807) is 76.2 Å². The standard InChI is InChI=1S/C33H42O8/c1-24(2)31(35)39-22-12-10-8-7-9-11-21-38-27-17-15-26(16-18-27)32(36)40-28-19-13-25(23-29(28)37-6)14-20-30(34)41-33(3,4)5/h13-20,23H,1,7-12,21-22H2,2-6H3/b20-14+. The van der Waals surface area contributed by atoms with Crippen LogP contribution in [0.2, 0.25) is 0 Å². The fraction of sp³-hybridized carbons (Fsp3) is 0.424. The first-order valence-electron chi connectivity index (χ1n) is 13.9. The monoisotopic (exact) mass is 566 g/mol. The zero-order valence-electron chi connectivity index (χ0n) is 24.8. The smallest absolute Gasteiger partial charge is 0.343 e. The average Bonchev–Trinajstić information content (AvgIpc) is 2.92. The molecule has 222 valence electrons. The van der Waals surface area contributed by atoms with E-state index < -0.39 is 17.5 Å². The maximum Gasteiger partial charge on any atom is 0.343 e. The first-order valence-corrected chi connectivity index (χ1v) is 13.9. The van der Waals surface area contributed by atoms with Crippen molar-refractivity contribution in [2.45, 2.75) is 71.8 Å². The van der Waals surface area contributed by atoms with Crippen LogP contribution >= 0.6 is 0 Å². The van der Waals surface area contributed by atoms with Gasteiger partial charge < -0.3 is 23.7 Å². The lowest BCUT2D eigenvalue weighted by molar-refractivity contribution is -0.148. The number of methoxy groups -OCH3 is 1. The molecule has 8 heteroatoms. The first-order chi connectivity index (χ1) is 19.5. The summed E-state index contributed by atoms with van der Waals surface area (Å²) in [5, 5.41) is 0. The van der Waals surface area contributed by atoms with Crippen molar-refractivity contribution < 1.29 is 38.1 Å². The highest BCUT2D eigenvalue weighted by atomic mass is 16.6. The Hall–Kier alpha value is -4.07. The number of unbranched alkanes of at least 4 members (excludes halogenated alkanes) is 5. The van der Waals surface area contributed by atoms with Crippen LogP contribution in [-0.4, -0.2) is 43.8 Å². The lowest BCUT2D eigenvalue weighted by Crippen LogP contribution is -2.22. The Balaban J connectivity index is 1.73. The lowest BCUT2D eigenvalue weighted by Gasteiger charge is -2.17. The Labute approximate surface area is 243 Å². The van der Waals surface area contributed by atoms with Crippen molar-refractivity contribution in [1.82, 2.24) is 0 Å². The van der Waals surface area contributed by atoms with Crippen LogP contribution in [0.4, 0.5) is 0 Å². The van der Waals surface area contributed by atoms with Crippen LogP contribution in [0, 0.1) is 0 Å². The van der Waals surface area contributed by atoms with E-state index in [9.17, 15) is 14.4 Å². The Bertz CT molecular complexity index is 1190. The molecule has 0 radical (unpaired) electrons. The van der Waals surface area contributed by atoms with Gasteiger partial charge in [0.05, 0.1) is 25.9 Å². The molecular weight excluding hydrogens is 524 g/mol. The Kier molecular flexibility index (Phi) is 13.7. The molecule has 0 saturated heterocycles. The molecule has 0 saturated carbocycles. The largest absolute Gasteiger partial charge is 0.494 e. The molecule has 0 atom stereocenters. The second-order valence-corrected chi connectivity index (χ2v) is 10.6. The van der Waals surface area contributed by atoms with Crippen LogP contribution in [0.15, 0.2) is 60.7 Å². The minimum Gasteiger partial charge on any atom is -0.494 e. The van der Waals surface area contributed by atoms with Crippen molar-refractivity contribution in [1.29, 1.82) is 0 Å². The zero-order chi connectivity index (χ0) is 30.3. The molecule has 0 amide bonds. The summed E-state index contributed by atoms with van der Waals surface area (Å²) in [5.41, 5.74) is 0.918. The van der Waals surface area contributed by atoms with Gasteiger partial charge in [-0.2, -0.15) is 0 Å². The normalized spacial score (nSPS) is 11.1. The van der Waals surface area contributed by atoms with Crippen molar-refractivity contribution in [3.63, 3.8) is 0 Å². The van der Waals surface area contributed by atoms with Crippen LogP contribution in [0.25, 0.3) is 6.08 Å². The third kappa shape index (κ3) is 13.2. The molecule has 0 N–H and O–H groups in total. The summed E-state index contributed by atoms with van der Waals surface area (Å²) < 4.78 is 27.1. The third-order valence-electron chi connectivity index (χ3n) is 5.69. The lowest BCUT2D eigenvalue weighted by atomic mass is 10.1. The van der Waals surface area contributed by atoms with Crippen molar-refractivity contribution in [2.24, 2.45) is 0 Å². The second kappa shape index (κ2) is 16.9. The molecule has 0 heterocycles. The Morgan fingerprint density at radius 2 is 1.49 bits per heavy atom. The van der Waals surface area contributed by atoms with Gasteiger partial charge in [0.15, 0.2) is 11.5 Å². The predicted octanol–water partition coefficient (Wildman–Crippen LogP) is 7.11. The highest BCUT2D eigenvalue weighted by Crippen LogP contribution is 2.29. The Morgan fingerprint density at radius 3 is 2.10 bits per heavy atom. The zero-order valence-corrected chi connectivity index (χ0v) is 24.8. The van der Waals surface area contributed by atoms with Gasteiger partial charge in [0.25, 0.3) is 0 Å². The number of carbonyl (C=O) groups is 3.